The van der Waals surface area contributed by atoms with Crippen molar-refractivity contribution in [3.8, 4) is 5.69 Å². The van der Waals surface area contributed by atoms with Crippen molar-refractivity contribution in [2.24, 2.45) is 5.92 Å². The molecule has 3 unspecified atom stereocenters. The zero-order chi connectivity index (χ0) is 26.8. The first kappa shape index (κ1) is 26.9. The van der Waals surface area contributed by atoms with E-state index in [2.05, 4.69) is 31.7 Å². The second-order valence-corrected chi connectivity index (χ2v) is 10.4. The van der Waals surface area contributed by atoms with E-state index in [-0.39, 0.29) is 23.5 Å². The Morgan fingerprint density at radius 2 is 2.00 bits per heavy atom. The quantitative estimate of drug-likeness (QED) is 0.266. The van der Waals surface area contributed by atoms with Crippen LogP contribution >= 0.6 is 15.9 Å². The summed E-state index contributed by atoms with van der Waals surface area (Å²) in [6.07, 6.45) is 1.24. The molecule has 1 aromatic heterocycles. The van der Waals surface area contributed by atoms with Gasteiger partial charge in [-0.15, -0.1) is 0 Å². The highest BCUT2D eigenvalue weighted by molar-refractivity contribution is 9.09. The number of carbonyl (C=O) groups is 2. The van der Waals surface area contributed by atoms with E-state index in [1.165, 1.54) is 36.4 Å². The van der Waals surface area contributed by atoms with Crippen LogP contribution in [0.1, 0.15) is 47.4 Å². The Bertz CT molecular complexity index is 1220. The van der Waals surface area contributed by atoms with Crippen LogP contribution in [0.5, 0.6) is 0 Å². The van der Waals surface area contributed by atoms with Crippen LogP contribution in [0.2, 0.25) is 0 Å². The van der Waals surface area contributed by atoms with Gasteiger partial charge in [-0.1, -0.05) is 46.3 Å². The number of alkyl halides is 5. The summed E-state index contributed by atoms with van der Waals surface area (Å²) in [4.78, 5) is 24.4. The second kappa shape index (κ2) is 10.7. The van der Waals surface area contributed by atoms with E-state index in [0.29, 0.717) is 24.0 Å². The molecule has 37 heavy (non-hydrogen) atoms. The van der Waals surface area contributed by atoms with Gasteiger partial charge in [0, 0.05) is 17.4 Å². The van der Waals surface area contributed by atoms with Crippen LogP contribution in [0.25, 0.3) is 5.69 Å². The number of nitrogens with zero attached hydrogens (tertiary/aromatic N) is 2. The molecule has 1 aromatic carbocycles. The molecular formula is C25H25BrF4N4O3. The summed E-state index contributed by atoms with van der Waals surface area (Å²) < 4.78 is 56.8. The first-order chi connectivity index (χ1) is 17.5. The third-order valence-corrected chi connectivity index (χ3v) is 7.63. The fourth-order valence-electron chi connectivity index (χ4n) is 4.25. The number of rotatable bonds is 9. The molecule has 1 fully saturated rings. The highest BCUT2D eigenvalue weighted by Crippen LogP contribution is 2.40. The average Bonchev–Trinajstić information content (AvgIpc) is 3.59. The van der Waals surface area contributed by atoms with E-state index >= 15 is 4.39 Å². The molecule has 0 radical (unpaired) electrons. The van der Waals surface area contributed by atoms with Gasteiger partial charge < -0.3 is 15.7 Å². The van der Waals surface area contributed by atoms with Crippen LogP contribution in [0.4, 0.5) is 22.4 Å². The van der Waals surface area contributed by atoms with Crippen molar-refractivity contribution in [1.29, 1.82) is 0 Å². The van der Waals surface area contributed by atoms with Crippen LogP contribution in [0, 0.1) is 5.92 Å². The number of carboxylic acid groups (broad SMARTS) is 1. The maximum Gasteiger partial charge on any atom is 0.435 e. The lowest BCUT2D eigenvalue weighted by molar-refractivity contribution is -0.141. The van der Waals surface area contributed by atoms with Gasteiger partial charge in [0.05, 0.1) is 11.2 Å². The van der Waals surface area contributed by atoms with Crippen molar-refractivity contribution in [2.45, 2.75) is 54.9 Å². The lowest BCUT2D eigenvalue weighted by Crippen LogP contribution is -2.54. The number of benzene rings is 1. The Morgan fingerprint density at radius 1 is 1.24 bits per heavy atom. The van der Waals surface area contributed by atoms with E-state index in [9.17, 15) is 22.8 Å². The molecule has 3 atom stereocenters. The van der Waals surface area contributed by atoms with Crippen LogP contribution in [0.15, 0.2) is 54.6 Å². The fraction of sp³-hybridized carbons (Fsp3) is 0.400. The lowest BCUT2D eigenvalue weighted by atomic mass is 9.83. The molecule has 12 heteroatoms. The Hall–Kier alpha value is -3.15. The molecule has 0 bridgehead atoms. The molecule has 0 aliphatic heterocycles. The highest BCUT2D eigenvalue weighted by Gasteiger charge is 2.42. The van der Waals surface area contributed by atoms with Crippen molar-refractivity contribution in [3.63, 3.8) is 0 Å². The molecule has 4 rings (SSSR count). The summed E-state index contributed by atoms with van der Waals surface area (Å²) in [6, 6.07) is 6.56. The molecule has 2 aromatic rings. The Morgan fingerprint density at radius 3 is 2.65 bits per heavy atom. The average molecular weight is 585 g/mol. The first-order valence-electron chi connectivity index (χ1n) is 11.7. The summed E-state index contributed by atoms with van der Waals surface area (Å²) in [5, 5.41) is 17.3. The normalized spacial score (nSPS) is 22.0. The zero-order valence-electron chi connectivity index (χ0n) is 19.5. The Kier molecular flexibility index (Phi) is 7.77. The summed E-state index contributed by atoms with van der Waals surface area (Å²) in [7, 11) is 0. The van der Waals surface area contributed by atoms with Crippen LogP contribution in [-0.2, 0) is 12.7 Å². The van der Waals surface area contributed by atoms with Crippen molar-refractivity contribution < 1.29 is 32.3 Å². The molecule has 3 N–H and O–H groups in total. The van der Waals surface area contributed by atoms with Gasteiger partial charge in [0.2, 0.25) is 0 Å². The standard InChI is InChI=1S/C25H25BrF4N4O3/c26-18(16-7-8-16)9-11-24(10-2-1-6-20(24)27)32-22(35)19-13-21(25(28,29)30)33-34(19)17-5-3-4-15(12-17)14-31-23(36)37/h1-6,10,12-13,16,18,20,31H,7-9,11,14H2,(H,32,35)(H,36,37). The molecular weight excluding hydrogens is 560 g/mol. The molecule has 2 amide bonds. The summed E-state index contributed by atoms with van der Waals surface area (Å²) in [5.74, 6) is -0.426. The number of aromatic nitrogens is 2. The number of hydrogen-bond acceptors (Lipinski definition) is 3. The number of hydrogen-bond donors (Lipinski definition) is 3. The smallest absolute Gasteiger partial charge is 0.435 e. The number of amides is 2. The molecule has 0 saturated heterocycles. The molecule has 7 nitrogen and oxygen atoms in total. The lowest BCUT2D eigenvalue weighted by Gasteiger charge is -2.36. The summed E-state index contributed by atoms with van der Waals surface area (Å²) in [6.45, 7) is -0.101. The van der Waals surface area contributed by atoms with Crippen molar-refractivity contribution in [3.05, 3.63) is 71.6 Å². The third-order valence-electron chi connectivity index (χ3n) is 6.42. The largest absolute Gasteiger partial charge is 0.465 e. The second-order valence-electron chi connectivity index (χ2n) is 9.19. The van der Waals surface area contributed by atoms with Gasteiger partial charge in [0.15, 0.2) is 5.69 Å². The van der Waals surface area contributed by atoms with Crippen LogP contribution < -0.4 is 10.6 Å². The topological polar surface area (TPSA) is 96.2 Å². The minimum absolute atomic E-state index is 0.101. The van der Waals surface area contributed by atoms with Crippen molar-refractivity contribution >= 4 is 27.9 Å². The fourth-order valence-corrected chi connectivity index (χ4v) is 5.00. The van der Waals surface area contributed by atoms with Gasteiger partial charge in [-0.2, -0.15) is 18.3 Å². The SMILES string of the molecule is O=C(O)NCc1cccc(-n2nc(C(F)(F)F)cc2C(=O)NC2(CCC(Br)C3CC3)C=CC=CC2F)c1. The maximum absolute atomic E-state index is 15.2. The minimum atomic E-state index is -4.83. The minimum Gasteiger partial charge on any atom is -0.465 e. The van der Waals surface area contributed by atoms with Gasteiger partial charge in [-0.3, -0.25) is 4.79 Å². The third kappa shape index (κ3) is 6.41. The monoisotopic (exact) mass is 584 g/mol. The zero-order valence-corrected chi connectivity index (χ0v) is 21.1. The maximum atomic E-state index is 15.2. The van der Waals surface area contributed by atoms with Gasteiger partial charge >= 0.3 is 12.3 Å². The van der Waals surface area contributed by atoms with Crippen molar-refractivity contribution in [2.75, 3.05) is 0 Å². The number of nitrogens with one attached hydrogen (secondary N) is 2. The molecule has 1 saturated carbocycles. The highest BCUT2D eigenvalue weighted by atomic mass is 79.9. The summed E-state index contributed by atoms with van der Waals surface area (Å²) >= 11 is 3.62. The van der Waals surface area contributed by atoms with E-state index < -0.39 is 41.3 Å². The number of carbonyl (C=O) groups excluding carboxylic acids is 1. The molecule has 1 heterocycles. The predicted molar refractivity (Wildman–Crippen MR) is 131 cm³/mol. The molecule has 198 valence electrons. The predicted octanol–water partition coefficient (Wildman–Crippen LogP) is 5.55. The van der Waals surface area contributed by atoms with Gasteiger partial charge in [-0.05, 0) is 55.4 Å². The Balaban J connectivity index is 1.66. The molecule has 0 spiro atoms. The van der Waals surface area contributed by atoms with Crippen molar-refractivity contribution in [1.82, 2.24) is 20.4 Å². The first-order valence-corrected chi connectivity index (χ1v) is 12.6. The summed E-state index contributed by atoms with van der Waals surface area (Å²) in [5.41, 5.74) is -2.59. The molecule has 2 aliphatic carbocycles. The number of allylic oxidation sites excluding steroid dienone is 2. The van der Waals surface area contributed by atoms with Crippen LogP contribution in [-0.4, -0.2) is 43.4 Å². The van der Waals surface area contributed by atoms with E-state index in [4.69, 9.17) is 5.11 Å². The van der Waals surface area contributed by atoms with Gasteiger partial charge in [-0.25, -0.2) is 13.9 Å². The Labute approximate surface area is 218 Å². The van der Waals surface area contributed by atoms with E-state index in [1.807, 2.05) is 0 Å². The molecule has 2 aliphatic rings. The van der Waals surface area contributed by atoms with E-state index in [0.717, 1.165) is 17.5 Å². The van der Waals surface area contributed by atoms with Crippen LogP contribution in [0.3, 0.4) is 0 Å². The van der Waals surface area contributed by atoms with Gasteiger partial charge in [0.25, 0.3) is 5.91 Å². The van der Waals surface area contributed by atoms with E-state index in [1.54, 1.807) is 12.1 Å². The van der Waals surface area contributed by atoms with Gasteiger partial charge in [0.1, 0.15) is 11.9 Å². The number of halogens is 5.